The molecule has 2 rings (SSSR count). The van der Waals surface area contributed by atoms with E-state index < -0.39 is 23.3 Å². The Morgan fingerprint density at radius 2 is 2.20 bits per heavy atom. The molecule has 1 aliphatic rings. The lowest BCUT2D eigenvalue weighted by Crippen LogP contribution is -2.42. The highest BCUT2D eigenvalue weighted by Crippen LogP contribution is 2.22. The fraction of sp³-hybridized carbons (Fsp3) is 0.308. The number of halogens is 2. The van der Waals surface area contributed by atoms with Crippen LogP contribution in [0.3, 0.4) is 0 Å². The van der Waals surface area contributed by atoms with Crippen molar-refractivity contribution in [1.29, 1.82) is 0 Å². The van der Waals surface area contributed by atoms with Crippen molar-refractivity contribution in [3.05, 3.63) is 34.6 Å². The average Bonchev–Trinajstić information content (AvgIpc) is 2.61. The molecular formula is C13H13ClFN3O2. The predicted octanol–water partition coefficient (Wildman–Crippen LogP) is 2.53. The summed E-state index contributed by atoms with van der Waals surface area (Å²) in [5.41, 5.74) is -0.951. The second-order valence-electron chi connectivity index (χ2n) is 4.61. The van der Waals surface area contributed by atoms with Crippen molar-refractivity contribution in [2.24, 2.45) is 5.10 Å². The second-order valence-corrected chi connectivity index (χ2v) is 5.02. The van der Waals surface area contributed by atoms with E-state index >= 15 is 0 Å². The smallest absolute Gasteiger partial charge is 0.322 e. The van der Waals surface area contributed by atoms with E-state index in [1.165, 1.54) is 18.2 Å². The third-order valence-corrected chi connectivity index (χ3v) is 3.58. The van der Waals surface area contributed by atoms with Crippen LogP contribution in [0.4, 0.5) is 9.18 Å². The third-order valence-electron chi connectivity index (χ3n) is 3.25. The Morgan fingerprint density at radius 1 is 1.50 bits per heavy atom. The zero-order chi connectivity index (χ0) is 14.9. The summed E-state index contributed by atoms with van der Waals surface area (Å²) in [6, 6.07) is 3.53. The van der Waals surface area contributed by atoms with Crippen molar-refractivity contribution in [2.75, 3.05) is 0 Å². The van der Waals surface area contributed by atoms with Crippen LogP contribution < -0.4 is 5.32 Å². The van der Waals surface area contributed by atoms with Gasteiger partial charge in [0.15, 0.2) is 0 Å². The first-order chi connectivity index (χ1) is 9.39. The van der Waals surface area contributed by atoms with Gasteiger partial charge in [-0.05, 0) is 25.5 Å². The van der Waals surface area contributed by atoms with Crippen LogP contribution in [0.25, 0.3) is 0 Å². The summed E-state index contributed by atoms with van der Waals surface area (Å²) >= 11 is 5.84. The summed E-state index contributed by atoms with van der Waals surface area (Å²) in [7, 11) is 0. The number of nitrogens with one attached hydrogen (secondary N) is 1. The summed E-state index contributed by atoms with van der Waals surface area (Å²) in [6.45, 7) is 3.39. The van der Waals surface area contributed by atoms with E-state index in [1.807, 2.05) is 0 Å². The van der Waals surface area contributed by atoms with E-state index in [-0.39, 0.29) is 10.6 Å². The molecular weight excluding hydrogens is 285 g/mol. The van der Waals surface area contributed by atoms with Gasteiger partial charge in [0.1, 0.15) is 11.4 Å². The molecule has 0 spiro atoms. The van der Waals surface area contributed by atoms with Crippen molar-refractivity contribution in [3.8, 4) is 0 Å². The van der Waals surface area contributed by atoms with Crippen molar-refractivity contribution in [3.63, 3.8) is 0 Å². The molecule has 7 heteroatoms. The molecule has 0 radical (unpaired) electrons. The van der Waals surface area contributed by atoms with E-state index in [4.69, 9.17) is 11.6 Å². The predicted molar refractivity (Wildman–Crippen MR) is 73.1 cm³/mol. The fourth-order valence-electron chi connectivity index (χ4n) is 1.76. The Labute approximate surface area is 120 Å². The van der Waals surface area contributed by atoms with Crippen LogP contribution in [-0.4, -0.2) is 28.7 Å². The van der Waals surface area contributed by atoms with E-state index in [0.29, 0.717) is 11.4 Å². The maximum absolute atomic E-state index is 13.6. The van der Waals surface area contributed by atoms with Crippen LogP contribution >= 0.6 is 11.6 Å². The number of hydrogen-bond acceptors (Lipinski definition) is 3. The van der Waals surface area contributed by atoms with Gasteiger partial charge in [-0.2, -0.15) is 5.10 Å². The number of carbonyl (C=O) groups excluding carboxylic acids is 2. The lowest BCUT2D eigenvalue weighted by molar-refractivity contribution is -0.130. The number of amides is 3. The monoisotopic (exact) mass is 297 g/mol. The Bertz CT molecular complexity index is 585. The van der Waals surface area contributed by atoms with Gasteiger partial charge < -0.3 is 5.32 Å². The van der Waals surface area contributed by atoms with Gasteiger partial charge in [0.2, 0.25) is 0 Å². The Hall–Kier alpha value is -1.95. The molecule has 3 amide bonds. The van der Waals surface area contributed by atoms with Crippen molar-refractivity contribution >= 4 is 29.8 Å². The molecule has 1 aromatic rings. The number of imide groups is 1. The normalized spacial score (nSPS) is 22.7. The summed E-state index contributed by atoms with van der Waals surface area (Å²) < 4.78 is 13.6. The number of nitrogens with zero attached hydrogens (tertiary/aromatic N) is 2. The van der Waals surface area contributed by atoms with Crippen LogP contribution in [0, 0.1) is 5.82 Å². The number of urea groups is 1. The third kappa shape index (κ3) is 2.38. The SMILES string of the molecule is CC[C@]1(C)NC(=O)N(N=Cc2c(F)cccc2Cl)C1=O. The molecule has 0 saturated carbocycles. The Balaban J connectivity index is 2.29. The van der Waals surface area contributed by atoms with Crippen LogP contribution in [0.5, 0.6) is 0 Å². The fourth-order valence-corrected chi connectivity index (χ4v) is 1.97. The van der Waals surface area contributed by atoms with Crippen LogP contribution in [0.15, 0.2) is 23.3 Å². The zero-order valence-corrected chi connectivity index (χ0v) is 11.7. The zero-order valence-electron chi connectivity index (χ0n) is 11.0. The largest absolute Gasteiger partial charge is 0.346 e. The highest BCUT2D eigenvalue weighted by molar-refractivity contribution is 6.33. The van der Waals surface area contributed by atoms with Crippen LogP contribution in [0.2, 0.25) is 5.02 Å². The topological polar surface area (TPSA) is 61.8 Å². The number of benzene rings is 1. The first-order valence-corrected chi connectivity index (χ1v) is 6.41. The van der Waals surface area contributed by atoms with Gasteiger partial charge in [0.25, 0.3) is 5.91 Å². The van der Waals surface area contributed by atoms with Gasteiger partial charge in [-0.1, -0.05) is 24.6 Å². The summed E-state index contributed by atoms with van der Waals surface area (Å²) in [4.78, 5) is 23.8. The highest BCUT2D eigenvalue weighted by Gasteiger charge is 2.46. The standard InChI is InChI=1S/C13H13ClFN3O2/c1-3-13(2)11(19)18(12(20)17-13)16-7-8-9(14)5-4-6-10(8)15/h4-7H,3H2,1-2H3,(H,17,20)/t13-/m0/s1. The molecule has 1 saturated heterocycles. The lowest BCUT2D eigenvalue weighted by Gasteiger charge is -2.17. The van der Waals surface area contributed by atoms with Gasteiger partial charge in [-0.3, -0.25) is 4.79 Å². The van der Waals surface area contributed by atoms with Gasteiger partial charge in [0, 0.05) is 5.56 Å². The second kappa shape index (κ2) is 5.20. The van der Waals surface area contributed by atoms with E-state index in [0.717, 1.165) is 6.21 Å². The first-order valence-electron chi connectivity index (χ1n) is 6.03. The summed E-state index contributed by atoms with van der Waals surface area (Å²) in [6.07, 6.45) is 1.50. The van der Waals surface area contributed by atoms with Crippen LogP contribution in [-0.2, 0) is 4.79 Å². The molecule has 1 aromatic carbocycles. The number of rotatable bonds is 3. The van der Waals surface area contributed by atoms with Crippen molar-refractivity contribution in [1.82, 2.24) is 10.3 Å². The number of hydrogen-bond donors (Lipinski definition) is 1. The summed E-state index contributed by atoms with van der Waals surface area (Å²) in [5, 5.41) is 7.12. The molecule has 1 fully saturated rings. The molecule has 1 aliphatic heterocycles. The van der Waals surface area contributed by atoms with Gasteiger partial charge in [0.05, 0.1) is 11.2 Å². The maximum Gasteiger partial charge on any atom is 0.346 e. The molecule has 5 nitrogen and oxygen atoms in total. The molecule has 20 heavy (non-hydrogen) atoms. The Kier molecular flexibility index (Phi) is 3.76. The molecule has 1 N–H and O–H groups in total. The first kappa shape index (κ1) is 14.5. The average molecular weight is 298 g/mol. The number of hydrazone groups is 1. The molecule has 106 valence electrons. The summed E-state index contributed by atoms with van der Waals surface area (Å²) in [5.74, 6) is -1.06. The minimum Gasteiger partial charge on any atom is -0.322 e. The quantitative estimate of drug-likeness (QED) is 0.688. The minimum atomic E-state index is -0.979. The van der Waals surface area contributed by atoms with Gasteiger partial charge in [-0.15, -0.1) is 5.01 Å². The van der Waals surface area contributed by atoms with E-state index in [9.17, 15) is 14.0 Å². The minimum absolute atomic E-state index is 0.0277. The lowest BCUT2D eigenvalue weighted by atomic mass is 10.00. The highest BCUT2D eigenvalue weighted by atomic mass is 35.5. The molecule has 0 aromatic heterocycles. The molecule has 1 heterocycles. The van der Waals surface area contributed by atoms with Gasteiger partial charge >= 0.3 is 6.03 Å². The van der Waals surface area contributed by atoms with Crippen molar-refractivity contribution in [2.45, 2.75) is 25.8 Å². The van der Waals surface area contributed by atoms with E-state index in [1.54, 1.807) is 13.8 Å². The Morgan fingerprint density at radius 3 is 2.75 bits per heavy atom. The van der Waals surface area contributed by atoms with Gasteiger partial charge in [-0.25, -0.2) is 9.18 Å². The molecule has 0 bridgehead atoms. The molecule has 0 aliphatic carbocycles. The number of carbonyl (C=O) groups is 2. The van der Waals surface area contributed by atoms with E-state index in [2.05, 4.69) is 10.4 Å². The van der Waals surface area contributed by atoms with Crippen molar-refractivity contribution < 1.29 is 14.0 Å². The molecule has 0 unspecified atom stereocenters. The maximum atomic E-state index is 13.6. The van der Waals surface area contributed by atoms with Crippen LogP contribution in [0.1, 0.15) is 25.8 Å². The molecule has 1 atom stereocenters.